The molecule has 0 aliphatic rings. The Morgan fingerprint density at radius 2 is 1.93 bits per heavy atom. The molecule has 30 heavy (non-hydrogen) atoms. The number of carbonyl (C=O) groups excluding carboxylic acids is 1. The lowest BCUT2D eigenvalue weighted by molar-refractivity contribution is -0.113. The number of aromatic nitrogens is 3. The normalized spacial score (nSPS) is 11.0. The van der Waals surface area contributed by atoms with Crippen LogP contribution in [-0.2, 0) is 18.4 Å². The van der Waals surface area contributed by atoms with Crippen LogP contribution in [0.5, 0.6) is 5.75 Å². The van der Waals surface area contributed by atoms with E-state index in [1.165, 1.54) is 17.3 Å². The van der Waals surface area contributed by atoms with Gasteiger partial charge in [0.1, 0.15) is 12.4 Å². The van der Waals surface area contributed by atoms with Crippen LogP contribution in [0.3, 0.4) is 0 Å². The number of amides is 1. The van der Waals surface area contributed by atoms with Crippen LogP contribution in [0.25, 0.3) is 0 Å². The summed E-state index contributed by atoms with van der Waals surface area (Å²) in [6.07, 6.45) is 0. The molecule has 0 radical (unpaired) electrons. The fourth-order valence-corrected chi connectivity index (χ4v) is 3.64. The van der Waals surface area contributed by atoms with E-state index >= 15 is 0 Å². The van der Waals surface area contributed by atoms with Crippen molar-refractivity contribution >= 4 is 35.0 Å². The Bertz CT molecular complexity index is 1020. The van der Waals surface area contributed by atoms with Crippen molar-refractivity contribution < 1.29 is 9.53 Å². The number of hydrogen-bond acceptors (Lipinski definition) is 5. The molecule has 0 fully saturated rings. The zero-order valence-corrected chi connectivity index (χ0v) is 19.0. The highest BCUT2D eigenvalue weighted by Gasteiger charge is 2.13. The second-order valence-electron chi connectivity index (χ2n) is 7.27. The fourth-order valence-electron chi connectivity index (χ4n) is 2.74. The molecule has 8 heteroatoms. The number of thioether (sulfide) groups is 1. The quantitative estimate of drug-likeness (QED) is 0.483. The van der Waals surface area contributed by atoms with E-state index in [1.807, 2.05) is 36.7 Å². The Morgan fingerprint density at radius 1 is 1.20 bits per heavy atom. The third-order valence-corrected chi connectivity index (χ3v) is 5.90. The summed E-state index contributed by atoms with van der Waals surface area (Å²) in [5, 5.41) is 12.5. The van der Waals surface area contributed by atoms with Gasteiger partial charge in [0, 0.05) is 17.8 Å². The Balaban J connectivity index is 1.53. The number of carbonyl (C=O) groups is 1. The number of hydrogen-bond donors (Lipinski definition) is 1. The molecule has 0 aliphatic heterocycles. The molecule has 3 rings (SSSR count). The number of nitrogens with one attached hydrogen (secondary N) is 1. The molecule has 0 atom stereocenters. The molecular weight excluding hydrogens is 420 g/mol. The van der Waals surface area contributed by atoms with E-state index in [2.05, 4.69) is 41.5 Å². The van der Waals surface area contributed by atoms with Crippen LogP contribution < -0.4 is 10.1 Å². The molecule has 0 bridgehead atoms. The van der Waals surface area contributed by atoms with Crippen molar-refractivity contribution in [2.24, 2.45) is 7.05 Å². The van der Waals surface area contributed by atoms with Crippen LogP contribution in [0.4, 0.5) is 5.69 Å². The number of nitrogens with zero attached hydrogens (tertiary/aromatic N) is 3. The summed E-state index contributed by atoms with van der Waals surface area (Å²) < 4.78 is 7.66. The van der Waals surface area contributed by atoms with E-state index in [-0.39, 0.29) is 11.7 Å². The van der Waals surface area contributed by atoms with Gasteiger partial charge in [0.25, 0.3) is 0 Å². The molecule has 0 spiro atoms. The lowest BCUT2D eigenvalue weighted by atomic mass is 10.0. The van der Waals surface area contributed by atoms with E-state index < -0.39 is 0 Å². The largest absolute Gasteiger partial charge is 0.486 e. The fraction of sp³-hybridized carbons (Fsp3) is 0.318. The molecule has 0 unspecified atom stereocenters. The third kappa shape index (κ3) is 5.77. The maximum absolute atomic E-state index is 12.3. The molecule has 2 aromatic carbocycles. The van der Waals surface area contributed by atoms with Gasteiger partial charge in [-0.3, -0.25) is 4.79 Å². The highest BCUT2D eigenvalue weighted by Crippen LogP contribution is 2.22. The van der Waals surface area contributed by atoms with E-state index in [0.29, 0.717) is 34.2 Å². The Morgan fingerprint density at radius 3 is 2.63 bits per heavy atom. The predicted octanol–water partition coefficient (Wildman–Crippen LogP) is 5.21. The van der Waals surface area contributed by atoms with E-state index in [4.69, 9.17) is 16.3 Å². The molecule has 1 heterocycles. The van der Waals surface area contributed by atoms with Crippen LogP contribution in [0.2, 0.25) is 5.02 Å². The molecule has 6 nitrogen and oxygen atoms in total. The molecule has 0 aliphatic carbocycles. The maximum atomic E-state index is 12.3. The molecule has 3 aromatic rings. The molecular formula is C22H25ClN4O2S. The van der Waals surface area contributed by atoms with E-state index in [1.54, 1.807) is 12.1 Å². The first-order valence-corrected chi connectivity index (χ1v) is 11.0. The molecule has 0 saturated carbocycles. The van der Waals surface area contributed by atoms with Crippen LogP contribution >= 0.6 is 23.4 Å². The molecule has 0 saturated heterocycles. The minimum Gasteiger partial charge on any atom is -0.486 e. The number of anilines is 1. The summed E-state index contributed by atoms with van der Waals surface area (Å²) in [4.78, 5) is 12.3. The maximum Gasteiger partial charge on any atom is 0.234 e. The lowest BCUT2D eigenvalue weighted by Crippen LogP contribution is -2.15. The summed E-state index contributed by atoms with van der Waals surface area (Å²) >= 11 is 7.32. The van der Waals surface area contributed by atoms with Gasteiger partial charge in [-0.2, -0.15) is 0 Å². The monoisotopic (exact) mass is 444 g/mol. The van der Waals surface area contributed by atoms with Gasteiger partial charge < -0.3 is 14.6 Å². The topological polar surface area (TPSA) is 69.0 Å². The van der Waals surface area contributed by atoms with E-state index in [9.17, 15) is 4.79 Å². The molecule has 1 N–H and O–H groups in total. The number of halogens is 1. The zero-order valence-electron chi connectivity index (χ0n) is 17.5. The second-order valence-corrected chi connectivity index (χ2v) is 8.65. The number of aryl methyl sites for hydroxylation is 1. The molecule has 1 aromatic heterocycles. The minimum absolute atomic E-state index is 0.128. The zero-order chi connectivity index (χ0) is 21.7. The van der Waals surface area contributed by atoms with Crippen molar-refractivity contribution in [1.82, 2.24) is 14.8 Å². The van der Waals surface area contributed by atoms with Crippen molar-refractivity contribution in [2.75, 3.05) is 11.1 Å². The van der Waals surface area contributed by atoms with Crippen molar-refractivity contribution in [3.63, 3.8) is 0 Å². The van der Waals surface area contributed by atoms with Crippen molar-refractivity contribution in [3.8, 4) is 5.75 Å². The van der Waals surface area contributed by atoms with Gasteiger partial charge in [-0.05, 0) is 48.2 Å². The summed E-state index contributed by atoms with van der Waals surface area (Å²) in [6.45, 7) is 6.54. The highest BCUT2D eigenvalue weighted by atomic mass is 35.5. The Hall–Kier alpha value is -2.51. The summed E-state index contributed by atoms with van der Waals surface area (Å²) in [5.41, 5.74) is 2.94. The van der Waals surface area contributed by atoms with Crippen molar-refractivity contribution in [1.29, 1.82) is 0 Å². The van der Waals surface area contributed by atoms with Crippen molar-refractivity contribution in [3.05, 3.63) is 64.4 Å². The van der Waals surface area contributed by atoms with Crippen LogP contribution in [-0.4, -0.2) is 26.4 Å². The first-order chi connectivity index (χ1) is 14.3. The average molecular weight is 445 g/mol. The van der Waals surface area contributed by atoms with Crippen LogP contribution in [0, 0.1) is 6.92 Å². The summed E-state index contributed by atoms with van der Waals surface area (Å²) in [7, 11) is 1.86. The van der Waals surface area contributed by atoms with Gasteiger partial charge in [-0.25, -0.2) is 0 Å². The standard InChI is InChI=1S/C22H25ClN4O2S/c1-14(2)16-6-9-18(10-7-16)29-12-20-25-26-22(27(20)4)30-13-21(28)24-19-11-17(23)8-5-15(19)3/h5-11,14H,12-13H2,1-4H3,(H,24,28). The van der Waals surface area contributed by atoms with Gasteiger partial charge in [-0.15, -0.1) is 10.2 Å². The minimum atomic E-state index is -0.128. The summed E-state index contributed by atoms with van der Waals surface area (Å²) in [5.74, 6) is 2.05. The van der Waals surface area contributed by atoms with Gasteiger partial charge in [0.2, 0.25) is 5.91 Å². The predicted molar refractivity (Wildman–Crippen MR) is 121 cm³/mol. The first kappa shape index (κ1) is 22.2. The Kier molecular flexibility index (Phi) is 7.39. The SMILES string of the molecule is Cc1ccc(Cl)cc1NC(=O)CSc1nnc(COc2ccc(C(C)C)cc2)n1C. The Labute approximate surface area is 186 Å². The van der Waals surface area contributed by atoms with Gasteiger partial charge in [0.15, 0.2) is 11.0 Å². The number of ether oxygens (including phenoxy) is 1. The van der Waals surface area contributed by atoms with Crippen LogP contribution in [0.15, 0.2) is 47.6 Å². The number of rotatable bonds is 8. The van der Waals surface area contributed by atoms with Gasteiger partial charge >= 0.3 is 0 Å². The van der Waals surface area contributed by atoms with Gasteiger partial charge in [-0.1, -0.05) is 55.4 Å². The summed E-state index contributed by atoms with van der Waals surface area (Å²) in [6, 6.07) is 13.5. The molecule has 158 valence electrons. The lowest BCUT2D eigenvalue weighted by Gasteiger charge is -2.09. The second kappa shape index (κ2) is 10.00. The first-order valence-electron chi connectivity index (χ1n) is 9.63. The van der Waals surface area contributed by atoms with Crippen molar-refractivity contribution in [2.45, 2.75) is 38.5 Å². The smallest absolute Gasteiger partial charge is 0.234 e. The third-order valence-electron chi connectivity index (χ3n) is 4.65. The molecule has 1 amide bonds. The average Bonchev–Trinajstić information content (AvgIpc) is 3.07. The number of benzene rings is 2. The van der Waals surface area contributed by atoms with Crippen LogP contribution in [0.1, 0.15) is 36.7 Å². The van der Waals surface area contributed by atoms with E-state index in [0.717, 1.165) is 11.3 Å². The van der Waals surface area contributed by atoms with Gasteiger partial charge in [0.05, 0.1) is 5.75 Å². The highest BCUT2D eigenvalue weighted by molar-refractivity contribution is 7.99.